The molecule has 4 rings (SSSR count). The van der Waals surface area contributed by atoms with E-state index in [4.69, 9.17) is 0 Å². The van der Waals surface area contributed by atoms with Crippen LogP contribution in [-0.2, 0) is 0 Å². The third-order valence-electron chi connectivity index (χ3n) is 4.99. The largest absolute Gasteiger partial charge is 0.333 e. The van der Waals surface area contributed by atoms with Crippen LogP contribution in [0.15, 0.2) is 70.7 Å². The Kier molecular flexibility index (Phi) is 6.13. The van der Waals surface area contributed by atoms with E-state index in [2.05, 4.69) is 32.2 Å². The molecular weight excluding hydrogens is 445 g/mol. The highest BCUT2D eigenvalue weighted by molar-refractivity contribution is 5.93. The second kappa shape index (κ2) is 9.18. The van der Waals surface area contributed by atoms with Gasteiger partial charge in [0.2, 0.25) is 5.95 Å². The summed E-state index contributed by atoms with van der Waals surface area (Å²) < 4.78 is 44.0. The molecule has 0 fully saturated rings. The molecule has 0 aliphatic rings. The number of pyridine rings is 1. The van der Waals surface area contributed by atoms with Crippen molar-refractivity contribution in [2.45, 2.75) is 6.92 Å². The van der Waals surface area contributed by atoms with E-state index < -0.39 is 28.7 Å². The molecule has 0 atom stereocenters. The van der Waals surface area contributed by atoms with Crippen LogP contribution >= 0.6 is 0 Å². The van der Waals surface area contributed by atoms with Gasteiger partial charge in [0.25, 0.3) is 5.56 Å². The lowest BCUT2D eigenvalue weighted by Crippen LogP contribution is -2.22. The van der Waals surface area contributed by atoms with Crippen molar-refractivity contribution in [3.8, 4) is 16.9 Å². The minimum absolute atomic E-state index is 0.00988. The monoisotopic (exact) mass is 464 g/mol. The Hall–Kier alpha value is -4.47. The van der Waals surface area contributed by atoms with Crippen LogP contribution in [-0.4, -0.2) is 27.9 Å². The molecule has 4 aromatic rings. The molecule has 2 N–H and O–H groups in total. The molecular formula is C24H19F3N6O. The van der Waals surface area contributed by atoms with Crippen molar-refractivity contribution in [3.63, 3.8) is 0 Å². The van der Waals surface area contributed by atoms with Crippen LogP contribution in [0.2, 0.25) is 0 Å². The van der Waals surface area contributed by atoms with Crippen LogP contribution in [0.1, 0.15) is 5.56 Å². The Labute approximate surface area is 192 Å². The van der Waals surface area contributed by atoms with Crippen molar-refractivity contribution in [3.05, 3.63) is 94.3 Å². The molecule has 2 heterocycles. The maximum absolute atomic E-state index is 14.7. The molecule has 0 saturated heterocycles. The number of aromatic nitrogens is 3. The highest BCUT2D eigenvalue weighted by Gasteiger charge is 2.20. The van der Waals surface area contributed by atoms with Crippen LogP contribution in [0.4, 0.5) is 19.1 Å². The maximum Gasteiger partial charge on any atom is 0.256 e. The van der Waals surface area contributed by atoms with Crippen LogP contribution in [0.3, 0.4) is 0 Å². The highest BCUT2D eigenvalue weighted by Crippen LogP contribution is 2.31. The number of para-hydroxylation sites is 1. The summed E-state index contributed by atoms with van der Waals surface area (Å²) >= 11 is 0. The molecule has 0 bridgehead atoms. The summed E-state index contributed by atoms with van der Waals surface area (Å²) in [6, 6.07) is 10.1. The summed E-state index contributed by atoms with van der Waals surface area (Å²) in [5.74, 6) is -2.06. The number of halogens is 3. The summed E-state index contributed by atoms with van der Waals surface area (Å²) in [5.41, 5.74) is 0.121. The van der Waals surface area contributed by atoms with Crippen LogP contribution in [0.25, 0.3) is 28.0 Å². The first-order chi connectivity index (χ1) is 16.3. The summed E-state index contributed by atoms with van der Waals surface area (Å²) in [7, 11) is 1.56. The van der Waals surface area contributed by atoms with Gasteiger partial charge < -0.3 is 10.6 Å². The second-order valence-electron chi connectivity index (χ2n) is 7.30. The van der Waals surface area contributed by atoms with E-state index >= 15 is 0 Å². The molecule has 0 unspecified atom stereocenters. The van der Waals surface area contributed by atoms with Crippen molar-refractivity contribution in [2.24, 2.45) is 4.99 Å². The zero-order valence-corrected chi connectivity index (χ0v) is 18.2. The molecule has 0 radical (unpaired) electrons. The third kappa shape index (κ3) is 4.25. The van der Waals surface area contributed by atoms with Crippen molar-refractivity contribution < 1.29 is 13.2 Å². The van der Waals surface area contributed by atoms with Gasteiger partial charge in [0.1, 0.15) is 29.0 Å². The second-order valence-corrected chi connectivity index (χ2v) is 7.30. The van der Waals surface area contributed by atoms with Gasteiger partial charge in [-0.15, -0.1) is 0 Å². The number of hydrogen-bond acceptors (Lipinski definition) is 5. The molecule has 10 heteroatoms. The fraction of sp³-hybridized carbons (Fsp3) is 0.0833. The first kappa shape index (κ1) is 22.7. The van der Waals surface area contributed by atoms with E-state index in [9.17, 15) is 18.0 Å². The Morgan fingerprint density at radius 1 is 1.09 bits per heavy atom. The summed E-state index contributed by atoms with van der Waals surface area (Å²) in [4.78, 5) is 25.5. The zero-order valence-electron chi connectivity index (χ0n) is 18.2. The lowest BCUT2D eigenvalue weighted by molar-refractivity contribution is 0.568. The van der Waals surface area contributed by atoms with Crippen LogP contribution in [0, 0.1) is 24.4 Å². The lowest BCUT2D eigenvalue weighted by atomic mass is 10.0. The van der Waals surface area contributed by atoms with Gasteiger partial charge in [0.15, 0.2) is 5.65 Å². The van der Waals surface area contributed by atoms with Crippen LogP contribution < -0.4 is 16.2 Å². The molecule has 34 heavy (non-hydrogen) atoms. The smallest absolute Gasteiger partial charge is 0.256 e. The minimum Gasteiger partial charge on any atom is -0.333 e. The van der Waals surface area contributed by atoms with Crippen LogP contribution in [0.5, 0.6) is 0 Å². The van der Waals surface area contributed by atoms with E-state index in [1.807, 2.05) is 0 Å². The summed E-state index contributed by atoms with van der Waals surface area (Å²) in [6.45, 7) is 5.49. The molecule has 0 amide bonds. The molecule has 7 nitrogen and oxygen atoms in total. The van der Waals surface area contributed by atoms with Gasteiger partial charge in [0, 0.05) is 24.1 Å². The topological polar surface area (TPSA) is 84.2 Å². The fourth-order valence-corrected chi connectivity index (χ4v) is 3.50. The first-order valence-electron chi connectivity index (χ1n) is 10.1. The number of hydrogen-bond donors (Lipinski definition) is 2. The standard InChI is InChI=1S/C24H19F3N6O/c1-13-11-15(25)7-8-16(13)21-17-9-10-20(34)33(22-18(26)5-4-6-19(22)27)23(17)32-24(31-21)30-14(2)29-12-28-3/h4-12H,2H2,1,3H3,(H,28,29)(H,30,31,32). The first-order valence-corrected chi connectivity index (χ1v) is 10.1. The molecule has 0 aliphatic carbocycles. The number of rotatable bonds is 6. The number of anilines is 1. The average molecular weight is 464 g/mol. The number of aliphatic imine (C=N–C) groups is 1. The maximum atomic E-state index is 14.7. The molecule has 0 spiro atoms. The zero-order chi connectivity index (χ0) is 24.4. The number of aryl methyl sites for hydroxylation is 1. The van der Waals surface area contributed by atoms with Gasteiger partial charge in [-0.05, 0) is 48.9 Å². The number of nitrogens with one attached hydrogen (secondary N) is 2. The summed E-state index contributed by atoms with van der Waals surface area (Å²) in [5, 5.41) is 5.94. The van der Waals surface area contributed by atoms with Crippen molar-refractivity contribution in [1.82, 2.24) is 19.9 Å². The van der Waals surface area contributed by atoms with E-state index in [1.54, 1.807) is 14.0 Å². The molecule has 0 aliphatic heterocycles. The normalized spacial score (nSPS) is 11.2. The molecule has 2 aromatic carbocycles. The number of fused-ring (bicyclic) bond motifs is 1. The Morgan fingerprint density at radius 2 is 1.82 bits per heavy atom. The van der Waals surface area contributed by atoms with E-state index in [0.717, 1.165) is 16.7 Å². The van der Waals surface area contributed by atoms with Gasteiger partial charge in [-0.25, -0.2) is 18.2 Å². The number of benzene rings is 2. The van der Waals surface area contributed by atoms with E-state index in [0.29, 0.717) is 22.2 Å². The number of nitrogens with zero attached hydrogens (tertiary/aromatic N) is 4. The van der Waals surface area contributed by atoms with Gasteiger partial charge in [-0.3, -0.25) is 14.4 Å². The Morgan fingerprint density at radius 3 is 2.50 bits per heavy atom. The molecule has 2 aromatic heterocycles. The SMILES string of the molecule is C=C(NC=NC)Nc1nc(-c2ccc(F)cc2C)c2ccc(=O)n(-c3c(F)cccc3F)c2n1. The van der Waals surface area contributed by atoms with Crippen molar-refractivity contribution >= 4 is 23.3 Å². The van der Waals surface area contributed by atoms with E-state index in [1.165, 1.54) is 42.7 Å². The predicted octanol–water partition coefficient (Wildman–Crippen LogP) is 4.30. The predicted molar refractivity (Wildman–Crippen MR) is 125 cm³/mol. The minimum atomic E-state index is -0.938. The Bertz CT molecular complexity index is 1490. The van der Waals surface area contributed by atoms with Gasteiger partial charge in [0.05, 0.1) is 12.0 Å². The lowest BCUT2D eigenvalue weighted by Gasteiger charge is -2.16. The van der Waals surface area contributed by atoms with Crippen molar-refractivity contribution in [2.75, 3.05) is 12.4 Å². The Balaban J connectivity index is 2.07. The van der Waals surface area contributed by atoms with Gasteiger partial charge in [-0.1, -0.05) is 12.6 Å². The third-order valence-corrected chi connectivity index (χ3v) is 4.99. The fourth-order valence-electron chi connectivity index (χ4n) is 3.50. The quantitative estimate of drug-likeness (QED) is 0.328. The van der Waals surface area contributed by atoms with Gasteiger partial charge >= 0.3 is 0 Å². The molecule has 0 saturated carbocycles. The highest BCUT2D eigenvalue weighted by atomic mass is 19.1. The molecule has 172 valence electrons. The van der Waals surface area contributed by atoms with Crippen molar-refractivity contribution in [1.29, 1.82) is 0 Å². The average Bonchev–Trinajstić information content (AvgIpc) is 2.78. The van der Waals surface area contributed by atoms with Gasteiger partial charge in [-0.2, -0.15) is 4.98 Å². The summed E-state index contributed by atoms with van der Waals surface area (Å²) in [6.07, 6.45) is 1.38. The van der Waals surface area contributed by atoms with E-state index in [-0.39, 0.29) is 17.4 Å².